The van der Waals surface area contributed by atoms with Crippen LogP contribution in [0.1, 0.15) is 26.7 Å². The van der Waals surface area contributed by atoms with Crippen LogP contribution in [0.3, 0.4) is 0 Å². The van der Waals surface area contributed by atoms with Crippen molar-refractivity contribution in [3.8, 4) is 0 Å². The summed E-state index contributed by atoms with van der Waals surface area (Å²) in [5, 5.41) is 4.38. The van der Waals surface area contributed by atoms with Crippen LogP contribution in [-0.4, -0.2) is 48.6 Å². The van der Waals surface area contributed by atoms with Crippen LogP contribution >= 0.6 is 11.8 Å². The first-order valence-corrected chi connectivity index (χ1v) is 7.03. The Labute approximate surface area is 92.8 Å². The Morgan fingerprint density at radius 1 is 1.57 bits per heavy atom. The Balaban J connectivity index is 2.13. The number of hydrogen-bond acceptors (Lipinski definition) is 3. The lowest BCUT2D eigenvalue weighted by atomic mass is 10.2. The van der Waals surface area contributed by atoms with Crippen LogP contribution in [0.5, 0.6) is 0 Å². The molecule has 0 aliphatic carbocycles. The maximum absolute atomic E-state index is 3.60. The van der Waals surface area contributed by atoms with Crippen molar-refractivity contribution in [2.75, 3.05) is 32.4 Å². The summed E-state index contributed by atoms with van der Waals surface area (Å²) >= 11 is 1.97. The van der Waals surface area contributed by atoms with E-state index in [0.717, 1.165) is 11.3 Å². The largest absolute Gasteiger partial charge is 0.313 e. The summed E-state index contributed by atoms with van der Waals surface area (Å²) in [7, 11) is 0. The number of rotatable bonds is 6. The zero-order chi connectivity index (χ0) is 10.4. The van der Waals surface area contributed by atoms with Gasteiger partial charge in [0.1, 0.15) is 0 Å². The van der Waals surface area contributed by atoms with Gasteiger partial charge >= 0.3 is 0 Å². The Bertz CT molecular complexity index is 152. The molecule has 1 aliphatic heterocycles. The first-order chi connectivity index (χ1) is 6.76. The zero-order valence-corrected chi connectivity index (χ0v) is 10.6. The lowest BCUT2D eigenvalue weighted by Gasteiger charge is -2.19. The van der Waals surface area contributed by atoms with E-state index in [1.165, 1.54) is 39.0 Å². The highest BCUT2D eigenvalue weighted by Crippen LogP contribution is 2.13. The molecule has 84 valence electrons. The van der Waals surface area contributed by atoms with Crippen LogP contribution in [-0.2, 0) is 0 Å². The molecule has 0 aromatic rings. The Kier molecular flexibility index (Phi) is 5.90. The van der Waals surface area contributed by atoms with Crippen LogP contribution < -0.4 is 5.32 Å². The Morgan fingerprint density at radius 3 is 3.00 bits per heavy atom. The van der Waals surface area contributed by atoms with Gasteiger partial charge in [-0.15, -0.1) is 0 Å². The molecule has 1 N–H and O–H groups in total. The van der Waals surface area contributed by atoms with E-state index in [1.54, 1.807) is 0 Å². The maximum Gasteiger partial charge on any atom is 0.0207 e. The first-order valence-electron chi connectivity index (χ1n) is 5.74. The van der Waals surface area contributed by atoms with E-state index in [9.17, 15) is 0 Å². The van der Waals surface area contributed by atoms with Crippen LogP contribution in [0, 0.1) is 0 Å². The number of thioether (sulfide) groups is 1. The second kappa shape index (κ2) is 6.70. The van der Waals surface area contributed by atoms with Crippen molar-refractivity contribution in [3.05, 3.63) is 0 Å². The monoisotopic (exact) mass is 216 g/mol. The Morgan fingerprint density at radius 2 is 2.36 bits per heavy atom. The van der Waals surface area contributed by atoms with Gasteiger partial charge in [-0.1, -0.05) is 13.8 Å². The highest BCUT2D eigenvalue weighted by atomic mass is 32.2. The van der Waals surface area contributed by atoms with Crippen LogP contribution in [0.15, 0.2) is 0 Å². The summed E-state index contributed by atoms with van der Waals surface area (Å²) in [6.45, 7) is 9.52. The number of hydrogen-bond donors (Lipinski definition) is 1. The average Bonchev–Trinajstić information content (AvgIpc) is 2.62. The quantitative estimate of drug-likeness (QED) is 0.729. The van der Waals surface area contributed by atoms with Gasteiger partial charge in [-0.3, -0.25) is 0 Å². The van der Waals surface area contributed by atoms with Gasteiger partial charge in [0, 0.05) is 24.4 Å². The van der Waals surface area contributed by atoms with E-state index in [-0.39, 0.29) is 0 Å². The number of nitrogens with one attached hydrogen (secondary N) is 1. The Hall–Kier alpha value is 0.270. The molecule has 0 bridgehead atoms. The van der Waals surface area contributed by atoms with E-state index >= 15 is 0 Å². The summed E-state index contributed by atoms with van der Waals surface area (Å²) in [6.07, 6.45) is 4.78. The van der Waals surface area contributed by atoms with Crippen molar-refractivity contribution in [2.24, 2.45) is 0 Å². The summed E-state index contributed by atoms with van der Waals surface area (Å²) in [4.78, 5) is 2.59. The summed E-state index contributed by atoms with van der Waals surface area (Å²) in [5.74, 6) is 0. The molecule has 14 heavy (non-hydrogen) atoms. The maximum atomic E-state index is 3.60. The predicted molar refractivity (Wildman–Crippen MR) is 66.1 cm³/mol. The molecule has 1 saturated heterocycles. The SMILES string of the molecule is CCCNC1CCN(CC(C)SC)C1. The molecule has 2 atom stereocenters. The van der Waals surface area contributed by atoms with Gasteiger partial charge in [-0.05, 0) is 32.2 Å². The highest BCUT2D eigenvalue weighted by Gasteiger charge is 2.22. The molecule has 0 spiro atoms. The van der Waals surface area contributed by atoms with Crippen molar-refractivity contribution >= 4 is 11.8 Å². The molecule has 2 nitrogen and oxygen atoms in total. The average molecular weight is 216 g/mol. The lowest BCUT2D eigenvalue weighted by Crippen LogP contribution is -2.34. The second-order valence-corrected chi connectivity index (χ2v) is 5.52. The molecule has 2 unspecified atom stereocenters. The fourth-order valence-electron chi connectivity index (χ4n) is 1.95. The van der Waals surface area contributed by atoms with Crippen LogP contribution in [0.2, 0.25) is 0 Å². The first kappa shape index (κ1) is 12.3. The molecule has 0 saturated carbocycles. The van der Waals surface area contributed by atoms with E-state index in [1.807, 2.05) is 11.8 Å². The van der Waals surface area contributed by atoms with Gasteiger partial charge in [-0.25, -0.2) is 0 Å². The van der Waals surface area contributed by atoms with Gasteiger partial charge in [0.05, 0.1) is 0 Å². The molecule has 0 aromatic carbocycles. The summed E-state index contributed by atoms with van der Waals surface area (Å²) in [5.41, 5.74) is 0. The van der Waals surface area contributed by atoms with E-state index in [2.05, 4.69) is 30.3 Å². The van der Waals surface area contributed by atoms with E-state index < -0.39 is 0 Å². The van der Waals surface area contributed by atoms with Crippen molar-refractivity contribution in [1.82, 2.24) is 10.2 Å². The molecule has 0 amide bonds. The molecule has 0 aromatic heterocycles. The molecule has 3 heteroatoms. The molecule has 1 heterocycles. The minimum Gasteiger partial charge on any atom is -0.313 e. The molecular weight excluding hydrogens is 192 g/mol. The fourth-order valence-corrected chi connectivity index (χ4v) is 2.31. The third-order valence-electron chi connectivity index (χ3n) is 2.87. The van der Waals surface area contributed by atoms with Gasteiger partial charge < -0.3 is 10.2 Å². The molecule has 0 radical (unpaired) electrons. The van der Waals surface area contributed by atoms with Crippen molar-refractivity contribution < 1.29 is 0 Å². The summed E-state index contributed by atoms with van der Waals surface area (Å²) < 4.78 is 0. The van der Waals surface area contributed by atoms with E-state index in [0.29, 0.717) is 0 Å². The van der Waals surface area contributed by atoms with Gasteiger partial charge in [-0.2, -0.15) is 11.8 Å². The fraction of sp³-hybridized carbons (Fsp3) is 1.00. The van der Waals surface area contributed by atoms with Gasteiger partial charge in [0.25, 0.3) is 0 Å². The lowest BCUT2D eigenvalue weighted by molar-refractivity contribution is 0.332. The normalized spacial score (nSPS) is 25.5. The summed E-state index contributed by atoms with van der Waals surface area (Å²) in [6, 6.07) is 0.754. The highest BCUT2D eigenvalue weighted by molar-refractivity contribution is 7.99. The molecule has 1 fully saturated rings. The standard InChI is InChI=1S/C11H24N2S/c1-4-6-12-11-5-7-13(9-11)8-10(2)14-3/h10-12H,4-9H2,1-3H3. The third kappa shape index (κ3) is 4.20. The molecule has 1 rings (SSSR count). The van der Waals surface area contributed by atoms with Gasteiger partial charge in [0.15, 0.2) is 0 Å². The topological polar surface area (TPSA) is 15.3 Å². The second-order valence-electron chi connectivity index (χ2n) is 4.25. The van der Waals surface area contributed by atoms with E-state index in [4.69, 9.17) is 0 Å². The molecular formula is C11H24N2S. The van der Waals surface area contributed by atoms with Crippen molar-refractivity contribution in [1.29, 1.82) is 0 Å². The predicted octanol–water partition coefficient (Wildman–Crippen LogP) is 1.81. The molecule has 1 aliphatic rings. The van der Waals surface area contributed by atoms with Crippen molar-refractivity contribution in [2.45, 2.75) is 38.0 Å². The van der Waals surface area contributed by atoms with Gasteiger partial charge in [0.2, 0.25) is 0 Å². The third-order valence-corrected chi connectivity index (χ3v) is 3.83. The minimum atomic E-state index is 0.754. The number of nitrogens with zero attached hydrogens (tertiary/aromatic N) is 1. The zero-order valence-electron chi connectivity index (χ0n) is 9.75. The smallest absolute Gasteiger partial charge is 0.0207 e. The van der Waals surface area contributed by atoms with Crippen molar-refractivity contribution in [3.63, 3.8) is 0 Å². The van der Waals surface area contributed by atoms with Crippen LogP contribution in [0.4, 0.5) is 0 Å². The number of likely N-dealkylation sites (tertiary alicyclic amines) is 1. The minimum absolute atomic E-state index is 0.754. The van der Waals surface area contributed by atoms with Crippen LogP contribution in [0.25, 0.3) is 0 Å².